The quantitative estimate of drug-likeness (QED) is 0.735. The van der Waals surface area contributed by atoms with Crippen LogP contribution in [-0.2, 0) is 0 Å². The molecule has 0 aliphatic heterocycles. The van der Waals surface area contributed by atoms with Crippen molar-refractivity contribution >= 4 is 27.3 Å². The van der Waals surface area contributed by atoms with Crippen LogP contribution < -0.4 is 0 Å². The fourth-order valence-corrected chi connectivity index (χ4v) is 1.83. The van der Waals surface area contributed by atoms with Crippen LogP contribution in [0.2, 0.25) is 0 Å². The lowest BCUT2D eigenvalue weighted by Crippen LogP contribution is -1.88. The monoisotopic (exact) mass is 258 g/mol. The second kappa shape index (κ2) is 3.51. The van der Waals surface area contributed by atoms with Crippen molar-refractivity contribution in [2.45, 2.75) is 0 Å². The summed E-state index contributed by atoms with van der Waals surface area (Å²) < 4.78 is 13.9. The summed E-state index contributed by atoms with van der Waals surface area (Å²) in [4.78, 5) is 7.59. The molecule has 0 saturated heterocycles. The molecule has 5 heteroatoms. The van der Waals surface area contributed by atoms with Gasteiger partial charge < -0.3 is 0 Å². The number of hydrogen-bond acceptors (Lipinski definition) is 3. The van der Waals surface area contributed by atoms with E-state index >= 15 is 0 Å². The summed E-state index contributed by atoms with van der Waals surface area (Å²) in [6, 6.07) is 1.66. The van der Waals surface area contributed by atoms with E-state index < -0.39 is 5.95 Å². The van der Waals surface area contributed by atoms with Crippen molar-refractivity contribution < 1.29 is 4.39 Å². The Balaban J connectivity index is 2.57. The van der Waals surface area contributed by atoms with Gasteiger partial charge in [0.15, 0.2) is 0 Å². The third kappa shape index (κ3) is 1.76. The summed E-state index contributed by atoms with van der Waals surface area (Å²) >= 11 is 4.66. The lowest BCUT2D eigenvalue weighted by molar-refractivity contribution is 0.586. The Morgan fingerprint density at radius 1 is 1.38 bits per heavy atom. The fraction of sp³-hybridized carbons (Fsp3) is 0. The first-order chi connectivity index (χ1) is 6.27. The first-order valence-electron chi connectivity index (χ1n) is 3.47. The molecule has 0 spiro atoms. The van der Waals surface area contributed by atoms with E-state index in [2.05, 4.69) is 25.9 Å². The maximum atomic E-state index is 13.2. The van der Waals surface area contributed by atoms with E-state index in [1.165, 1.54) is 17.5 Å². The van der Waals surface area contributed by atoms with Crippen molar-refractivity contribution in [1.29, 1.82) is 0 Å². The number of thiazole rings is 1. The summed E-state index contributed by atoms with van der Waals surface area (Å²) in [5.41, 5.74) is 2.71. The van der Waals surface area contributed by atoms with Crippen molar-refractivity contribution in [3.05, 3.63) is 33.6 Å². The Labute approximate surface area is 86.6 Å². The van der Waals surface area contributed by atoms with Gasteiger partial charge in [0.2, 0.25) is 5.95 Å². The molecule has 2 aromatic heterocycles. The molecule has 0 atom stereocenters. The Kier molecular flexibility index (Phi) is 2.37. The van der Waals surface area contributed by atoms with Crippen molar-refractivity contribution in [1.82, 2.24) is 9.97 Å². The molecular formula is C8H4BrFN2S. The standard InChI is InChI=1S/C8H4BrFN2S/c9-5-1-6(8(10)11-2-5)7-3-13-4-12-7/h1-4H. The SMILES string of the molecule is Fc1ncc(Br)cc1-c1cscn1. The number of hydrogen-bond donors (Lipinski definition) is 0. The first-order valence-corrected chi connectivity index (χ1v) is 5.20. The Morgan fingerprint density at radius 3 is 2.92 bits per heavy atom. The van der Waals surface area contributed by atoms with Crippen LogP contribution in [0.3, 0.4) is 0 Å². The molecule has 0 fully saturated rings. The Morgan fingerprint density at radius 2 is 2.23 bits per heavy atom. The van der Waals surface area contributed by atoms with Crippen LogP contribution in [0.15, 0.2) is 27.6 Å². The zero-order chi connectivity index (χ0) is 9.26. The molecular weight excluding hydrogens is 255 g/mol. The van der Waals surface area contributed by atoms with Gasteiger partial charge in [-0.15, -0.1) is 11.3 Å². The van der Waals surface area contributed by atoms with Gasteiger partial charge in [0.1, 0.15) is 0 Å². The second-order valence-electron chi connectivity index (χ2n) is 2.37. The molecule has 0 amide bonds. The molecule has 2 heterocycles. The van der Waals surface area contributed by atoms with Gasteiger partial charge in [0.25, 0.3) is 0 Å². The normalized spacial score (nSPS) is 10.3. The molecule has 0 bridgehead atoms. The third-order valence-corrected chi connectivity index (χ3v) is 2.53. The maximum absolute atomic E-state index is 13.2. The summed E-state index contributed by atoms with van der Waals surface area (Å²) in [7, 11) is 0. The summed E-state index contributed by atoms with van der Waals surface area (Å²) in [5, 5.41) is 1.78. The van der Waals surface area contributed by atoms with E-state index in [1.807, 2.05) is 0 Å². The summed E-state index contributed by atoms with van der Waals surface area (Å²) in [5.74, 6) is -0.492. The maximum Gasteiger partial charge on any atom is 0.222 e. The molecule has 0 unspecified atom stereocenters. The summed E-state index contributed by atoms with van der Waals surface area (Å²) in [6.07, 6.45) is 1.42. The van der Waals surface area contributed by atoms with Crippen LogP contribution in [-0.4, -0.2) is 9.97 Å². The van der Waals surface area contributed by atoms with Gasteiger partial charge in [-0.05, 0) is 22.0 Å². The van der Waals surface area contributed by atoms with Crippen molar-refractivity contribution in [2.75, 3.05) is 0 Å². The number of nitrogens with zero attached hydrogens (tertiary/aromatic N) is 2. The Hall–Kier alpha value is -0.810. The van der Waals surface area contributed by atoms with E-state index in [-0.39, 0.29) is 0 Å². The van der Waals surface area contributed by atoms with Crippen LogP contribution >= 0.6 is 27.3 Å². The molecule has 2 aromatic rings. The number of halogens is 2. The van der Waals surface area contributed by atoms with Gasteiger partial charge in [-0.25, -0.2) is 9.97 Å². The average Bonchev–Trinajstić information content (AvgIpc) is 2.61. The highest BCUT2D eigenvalue weighted by atomic mass is 79.9. The van der Waals surface area contributed by atoms with E-state index in [0.29, 0.717) is 11.3 Å². The first kappa shape index (κ1) is 8.77. The molecule has 0 aliphatic rings. The lowest BCUT2D eigenvalue weighted by atomic mass is 10.2. The average molecular weight is 259 g/mol. The topological polar surface area (TPSA) is 25.8 Å². The highest BCUT2D eigenvalue weighted by molar-refractivity contribution is 9.10. The molecule has 0 N–H and O–H groups in total. The van der Waals surface area contributed by atoms with Crippen molar-refractivity contribution in [3.8, 4) is 11.3 Å². The zero-order valence-corrected chi connectivity index (χ0v) is 8.77. The molecule has 0 aliphatic carbocycles. The van der Waals surface area contributed by atoms with Gasteiger partial charge in [0, 0.05) is 16.0 Å². The van der Waals surface area contributed by atoms with E-state index in [4.69, 9.17) is 0 Å². The predicted molar refractivity (Wildman–Crippen MR) is 53.0 cm³/mol. The van der Waals surface area contributed by atoms with Crippen LogP contribution in [0.1, 0.15) is 0 Å². The van der Waals surface area contributed by atoms with Crippen LogP contribution in [0.4, 0.5) is 4.39 Å². The lowest BCUT2D eigenvalue weighted by Gasteiger charge is -1.98. The molecule has 66 valence electrons. The van der Waals surface area contributed by atoms with Crippen LogP contribution in [0.25, 0.3) is 11.3 Å². The van der Waals surface area contributed by atoms with Gasteiger partial charge in [-0.3, -0.25) is 0 Å². The highest BCUT2D eigenvalue weighted by Crippen LogP contribution is 2.23. The third-order valence-electron chi connectivity index (χ3n) is 1.51. The Bertz CT molecular complexity index is 416. The molecule has 2 nitrogen and oxygen atoms in total. The van der Waals surface area contributed by atoms with Gasteiger partial charge in [-0.2, -0.15) is 4.39 Å². The van der Waals surface area contributed by atoms with Gasteiger partial charge in [-0.1, -0.05) is 0 Å². The predicted octanol–water partition coefficient (Wildman–Crippen LogP) is 3.11. The molecule has 2 rings (SSSR count). The largest absolute Gasteiger partial charge is 0.245 e. The minimum atomic E-state index is -0.492. The molecule has 0 aromatic carbocycles. The minimum absolute atomic E-state index is 0.427. The van der Waals surface area contributed by atoms with Gasteiger partial charge in [0.05, 0.1) is 16.8 Å². The van der Waals surface area contributed by atoms with Gasteiger partial charge >= 0.3 is 0 Å². The highest BCUT2D eigenvalue weighted by Gasteiger charge is 2.07. The van der Waals surface area contributed by atoms with E-state index in [0.717, 1.165) is 4.47 Å². The molecule has 0 saturated carbocycles. The number of aromatic nitrogens is 2. The van der Waals surface area contributed by atoms with E-state index in [9.17, 15) is 4.39 Å². The zero-order valence-electron chi connectivity index (χ0n) is 6.37. The smallest absolute Gasteiger partial charge is 0.222 e. The minimum Gasteiger partial charge on any atom is -0.245 e. The summed E-state index contributed by atoms with van der Waals surface area (Å²) in [6.45, 7) is 0. The van der Waals surface area contributed by atoms with Crippen molar-refractivity contribution in [3.63, 3.8) is 0 Å². The second-order valence-corrected chi connectivity index (χ2v) is 4.00. The fourth-order valence-electron chi connectivity index (χ4n) is 0.948. The van der Waals surface area contributed by atoms with Crippen molar-refractivity contribution in [2.24, 2.45) is 0 Å². The number of rotatable bonds is 1. The van der Waals surface area contributed by atoms with Crippen LogP contribution in [0.5, 0.6) is 0 Å². The molecule has 13 heavy (non-hydrogen) atoms. The van der Waals surface area contributed by atoms with E-state index in [1.54, 1.807) is 17.0 Å². The number of pyridine rings is 1. The van der Waals surface area contributed by atoms with Crippen LogP contribution in [0, 0.1) is 5.95 Å². The molecule has 0 radical (unpaired) electrons.